The van der Waals surface area contributed by atoms with E-state index in [1.54, 1.807) is 11.8 Å². The standard InChI is InChI=1S/C20H22N2OS/c1-2-3-14-22-17(19(21)23)18(15-10-6-4-7-11-15)24-20(22)16-12-8-5-9-13-16/h4-13,20H,2-3,14H2,1H3,(H2,21,23). The first kappa shape index (κ1) is 16.7. The Kier molecular flexibility index (Phi) is 5.26. The molecule has 1 heterocycles. The Labute approximate surface area is 147 Å². The maximum absolute atomic E-state index is 12.2. The minimum absolute atomic E-state index is 0.0930. The van der Waals surface area contributed by atoms with Crippen LogP contribution in [0.2, 0.25) is 0 Å². The van der Waals surface area contributed by atoms with Gasteiger partial charge in [0.2, 0.25) is 0 Å². The number of benzene rings is 2. The third kappa shape index (κ3) is 3.34. The normalized spacial score (nSPS) is 17.4. The highest BCUT2D eigenvalue weighted by Crippen LogP contribution is 2.51. The smallest absolute Gasteiger partial charge is 0.266 e. The average molecular weight is 338 g/mol. The van der Waals surface area contributed by atoms with Crippen LogP contribution in [0.1, 0.15) is 36.3 Å². The Morgan fingerprint density at radius 2 is 1.71 bits per heavy atom. The number of nitrogens with two attached hydrogens (primary N) is 1. The molecule has 0 aromatic heterocycles. The number of primary amides is 1. The lowest BCUT2D eigenvalue weighted by atomic mass is 10.1. The van der Waals surface area contributed by atoms with E-state index >= 15 is 0 Å². The molecular weight excluding hydrogens is 316 g/mol. The molecule has 2 N–H and O–H groups in total. The summed E-state index contributed by atoms with van der Waals surface area (Å²) >= 11 is 1.72. The van der Waals surface area contributed by atoms with Gasteiger partial charge in [-0.25, -0.2) is 0 Å². The molecule has 1 aliphatic heterocycles. The Hall–Kier alpha value is -2.20. The number of hydrogen-bond donors (Lipinski definition) is 1. The highest BCUT2D eigenvalue weighted by molar-refractivity contribution is 8.08. The van der Waals surface area contributed by atoms with Gasteiger partial charge in [0, 0.05) is 11.4 Å². The molecule has 1 aliphatic rings. The second kappa shape index (κ2) is 7.58. The fraction of sp³-hybridized carbons (Fsp3) is 0.250. The molecule has 1 unspecified atom stereocenters. The van der Waals surface area contributed by atoms with Gasteiger partial charge >= 0.3 is 0 Å². The Morgan fingerprint density at radius 3 is 2.29 bits per heavy atom. The predicted octanol–water partition coefficient (Wildman–Crippen LogP) is 4.39. The monoisotopic (exact) mass is 338 g/mol. The van der Waals surface area contributed by atoms with Crippen LogP contribution in [0.5, 0.6) is 0 Å². The van der Waals surface area contributed by atoms with Crippen LogP contribution >= 0.6 is 11.8 Å². The summed E-state index contributed by atoms with van der Waals surface area (Å²) in [5, 5.41) is 0.0930. The zero-order valence-corrected chi connectivity index (χ0v) is 14.6. The van der Waals surface area contributed by atoms with E-state index in [4.69, 9.17) is 5.73 Å². The highest BCUT2D eigenvalue weighted by atomic mass is 32.2. The number of amides is 1. The van der Waals surface area contributed by atoms with E-state index < -0.39 is 0 Å². The van der Waals surface area contributed by atoms with Crippen molar-refractivity contribution in [1.82, 2.24) is 4.90 Å². The molecule has 1 amide bonds. The molecular formula is C20H22N2OS. The van der Waals surface area contributed by atoms with Gasteiger partial charge in [-0.3, -0.25) is 4.79 Å². The molecule has 2 aromatic carbocycles. The zero-order valence-electron chi connectivity index (χ0n) is 13.8. The van der Waals surface area contributed by atoms with Crippen molar-refractivity contribution in [3.63, 3.8) is 0 Å². The molecule has 124 valence electrons. The number of nitrogens with zero attached hydrogens (tertiary/aromatic N) is 1. The number of rotatable bonds is 6. The molecule has 0 fully saturated rings. The maximum atomic E-state index is 12.2. The molecule has 24 heavy (non-hydrogen) atoms. The lowest BCUT2D eigenvalue weighted by Crippen LogP contribution is -2.31. The van der Waals surface area contributed by atoms with Crippen molar-refractivity contribution in [1.29, 1.82) is 0 Å². The largest absolute Gasteiger partial charge is 0.364 e. The van der Waals surface area contributed by atoms with Crippen LogP contribution in [0.3, 0.4) is 0 Å². The van der Waals surface area contributed by atoms with Crippen LogP contribution in [0.15, 0.2) is 66.4 Å². The van der Waals surface area contributed by atoms with Crippen molar-refractivity contribution < 1.29 is 4.79 Å². The molecule has 0 aliphatic carbocycles. The molecule has 4 heteroatoms. The quantitative estimate of drug-likeness (QED) is 0.850. The van der Waals surface area contributed by atoms with Crippen molar-refractivity contribution >= 4 is 22.6 Å². The second-order valence-electron chi connectivity index (χ2n) is 5.84. The fourth-order valence-corrected chi connectivity index (χ4v) is 4.41. The molecule has 0 saturated carbocycles. The van der Waals surface area contributed by atoms with E-state index in [-0.39, 0.29) is 11.3 Å². The van der Waals surface area contributed by atoms with Gasteiger partial charge in [-0.05, 0) is 17.5 Å². The first-order valence-corrected chi connectivity index (χ1v) is 9.18. The van der Waals surface area contributed by atoms with Crippen molar-refractivity contribution in [2.75, 3.05) is 6.54 Å². The Balaban J connectivity index is 2.04. The van der Waals surface area contributed by atoms with E-state index in [0.717, 1.165) is 29.9 Å². The molecule has 3 nitrogen and oxygen atoms in total. The van der Waals surface area contributed by atoms with Gasteiger partial charge in [0.15, 0.2) is 0 Å². The highest BCUT2D eigenvalue weighted by Gasteiger charge is 2.36. The van der Waals surface area contributed by atoms with Gasteiger partial charge < -0.3 is 10.6 Å². The van der Waals surface area contributed by atoms with Crippen LogP contribution in [0.25, 0.3) is 4.91 Å². The summed E-state index contributed by atoms with van der Waals surface area (Å²) in [5.41, 5.74) is 8.67. The second-order valence-corrected chi connectivity index (χ2v) is 6.93. The average Bonchev–Trinajstić information content (AvgIpc) is 3.01. The van der Waals surface area contributed by atoms with Crippen LogP contribution in [0.4, 0.5) is 0 Å². The first-order chi connectivity index (χ1) is 11.7. The Bertz CT molecular complexity index is 728. The van der Waals surface area contributed by atoms with Crippen molar-refractivity contribution in [2.45, 2.75) is 25.1 Å². The van der Waals surface area contributed by atoms with Gasteiger partial charge in [0.25, 0.3) is 5.91 Å². The topological polar surface area (TPSA) is 46.3 Å². The number of thioether (sulfide) groups is 1. The lowest BCUT2D eigenvalue weighted by molar-refractivity contribution is -0.116. The van der Waals surface area contributed by atoms with E-state index in [2.05, 4.69) is 24.0 Å². The van der Waals surface area contributed by atoms with Crippen LogP contribution in [-0.2, 0) is 4.79 Å². The fourth-order valence-electron chi connectivity index (χ4n) is 2.95. The van der Waals surface area contributed by atoms with Crippen LogP contribution in [0, 0.1) is 0 Å². The van der Waals surface area contributed by atoms with Crippen molar-refractivity contribution in [3.8, 4) is 0 Å². The number of carbonyl (C=O) groups is 1. The summed E-state index contributed by atoms with van der Waals surface area (Å²) < 4.78 is 0. The third-order valence-electron chi connectivity index (χ3n) is 4.12. The summed E-state index contributed by atoms with van der Waals surface area (Å²) in [4.78, 5) is 15.4. The summed E-state index contributed by atoms with van der Waals surface area (Å²) in [6, 6.07) is 20.4. The lowest BCUT2D eigenvalue weighted by Gasteiger charge is -2.27. The summed E-state index contributed by atoms with van der Waals surface area (Å²) in [5.74, 6) is -0.351. The van der Waals surface area contributed by atoms with E-state index in [1.807, 2.05) is 48.5 Å². The molecule has 2 aromatic rings. The molecule has 0 radical (unpaired) electrons. The van der Waals surface area contributed by atoms with E-state index in [0.29, 0.717) is 5.70 Å². The zero-order chi connectivity index (χ0) is 16.9. The van der Waals surface area contributed by atoms with Crippen LogP contribution < -0.4 is 5.73 Å². The molecule has 1 atom stereocenters. The van der Waals surface area contributed by atoms with Gasteiger partial charge in [0.1, 0.15) is 11.1 Å². The number of hydrogen-bond acceptors (Lipinski definition) is 3. The van der Waals surface area contributed by atoms with Gasteiger partial charge in [-0.2, -0.15) is 0 Å². The van der Waals surface area contributed by atoms with E-state index in [1.165, 1.54) is 5.56 Å². The third-order valence-corrected chi connectivity index (χ3v) is 5.54. The minimum Gasteiger partial charge on any atom is -0.364 e. The summed E-state index contributed by atoms with van der Waals surface area (Å²) in [6.07, 6.45) is 2.11. The summed E-state index contributed by atoms with van der Waals surface area (Å²) in [7, 11) is 0. The predicted molar refractivity (Wildman–Crippen MR) is 101 cm³/mol. The maximum Gasteiger partial charge on any atom is 0.266 e. The Morgan fingerprint density at radius 1 is 1.08 bits per heavy atom. The minimum atomic E-state index is -0.351. The van der Waals surface area contributed by atoms with Crippen molar-refractivity contribution in [3.05, 3.63) is 77.5 Å². The first-order valence-electron chi connectivity index (χ1n) is 8.30. The van der Waals surface area contributed by atoms with Crippen molar-refractivity contribution in [2.24, 2.45) is 5.73 Å². The number of unbranched alkanes of at least 4 members (excludes halogenated alkanes) is 1. The van der Waals surface area contributed by atoms with Gasteiger partial charge in [0.05, 0.1) is 0 Å². The van der Waals surface area contributed by atoms with E-state index in [9.17, 15) is 4.79 Å². The molecule has 0 saturated heterocycles. The number of carbonyl (C=O) groups excluding carboxylic acids is 1. The SMILES string of the molecule is CCCCN1C(C(N)=O)=C(c2ccccc2)SC1c1ccccc1. The summed E-state index contributed by atoms with van der Waals surface area (Å²) in [6.45, 7) is 2.99. The van der Waals surface area contributed by atoms with Gasteiger partial charge in [-0.15, -0.1) is 0 Å². The molecule has 0 bridgehead atoms. The van der Waals surface area contributed by atoms with Gasteiger partial charge in [-0.1, -0.05) is 85.8 Å². The molecule has 0 spiro atoms. The molecule has 3 rings (SSSR count). The van der Waals surface area contributed by atoms with Crippen LogP contribution in [-0.4, -0.2) is 17.4 Å².